The fraction of sp³-hybridized carbons (Fsp3) is 0.455. The van der Waals surface area contributed by atoms with Gasteiger partial charge in [0, 0.05) is 25.2 Å². The van der Waals surface area contributed by atoms with E-state index < -0.39 is 5.54 Å². The van der Waals surface area contributed by atoms with Crippen molar-refractivity contribution in [2.24, 2.45) is 5.73 Å². The van der Waals surface area contributed by atoms with E-state index in [0.717, 1.165) is 0 Å². The van der Waals surface area contributed by atoms with E-state index in [0.29, 0.717) is 12.2 Å². The average molecular weight is 207 g/mol. The molecule has 0 saturated carbocycles. The molecule has 0 aliphatic carbocycles. The molecule has 1 amide bonds. The third-order valence-corrected chi connectivity index (χ3v) is 1.97. The molecule has 1 aromatic heterocycles. The smallest absolute Gasteiger partial charge is 0.229 e. The zero-order chi connectivity index (χ0) is 11.5. The van der Waals surface area contributed by atoms with Gasteiger partial charge in [0.2, 0.25) is 5.91 Å². The number of pyridine rings is 1. The molecule has 0 aliphatic heterocycles. The number of hydrogen-bond donors (Lipinski definition) is 1. The number of carbonyl (C=O) groups excluding carboxylic acids is 1. The van der Waals surface area contributed by atoms with E-state index in [9.17, 15) is 4.79 Å². The summed E-state index contributed by atoms with van der Waals surface area (Å²) in [6, 6.07) is 5.45. The van der Waals surface area contributed by atoms with Gasteiger partial charge in [0.25, 0.3) is 0 Å². The van der Waals surface area contributed by atoms with Gasteiger partial charge in [-0.15, -0.1) is 0 Å². The molecule has 1 rings (SSSR count). The van der Waals surface area contributed by atoms with E-state index in [1.54, 1.807) is 19.3 Å². The third kappa shape index (κ3) is 3.67. The maximum atomic E-state index is 11.8. The Kier molecular flexibility index (Phi) is 3.42. The lowest BCUT2D eigenvalue weighted by atomic mass is 10.0. The Morgan fingerprint density at radius 3 is 2.67 bits per heavy atom. The lowest BCUT2D eigenvalue weighted by Gasteiger charge is -2.22. The van der Waals surface area contributed by atoms with Crippen LogP contribution in [0.25, 0.3) is 0 Å². The van der Waals surface area contributed by atoms with Crippen molar-refractivity contribution in [3.8, 4) is 0 Å². The van der Waals surface area contributed by atoms with Gasteiger partial charge < -0.3 is 5.73 Å². The minimum absolute atomic E-state index is 0.0267. The van der Waals surface area contributed by atoms with Gasteiger partial charge in [-0.3, -0.25) is 9.69 Å². The van der Waals surface area contributed by atoms with Crippen molar-refractivity contribution in [3.05, 3.63) is 24.4 Å². The van der Waals surface area contributed by atoms with Crippen molar-refractivity contribution in [1.29, 1.82) is 0 Å². The second-order valence-electron chi connectivity index (χ2n) is 4.31. The predicted octanol–water partition coefficient (Wildman–Crippen LogP) is 1.17. The first-order chi connectivity index (χ1) is 6.90. The molecule has 0 radical (unpaired) electrons. The van der Waals surface area contributed by atoms with E-state index in [4.69, 9.17) is 5.73 Å². The number of nitrogens with two attached hydrogens (primary N) is 1. The Balaban J connectivity index is 2.70. The Bertz CT molecular complexity index is 329. The summed E-state index contributed by atoms with van der Waals surface area (Å²) in [4.78, 5) is 17.4. The van der Waals surface area contributed by atoms with Crippen LogP contribution in [0, 0.1) is 0 Å². The van der Waals surface area contributed by atoms with Crippen LogP contribution in [-0.2, 0) is 4.79 Å². The molecule has 2 N–H and O–H groups in total. The topological polar surface area (TPSA) is 59.2 Å². The standard InChI is InChI=1S/C11H17N3O/c1-11(2,12)8-10(15)14(3)9-6-4-5-7-13-9/h4-7H,8,12H2,1-3H3. The van der Waals surface area contributed by atoms with Gasteiger partial charge in [-0.1, -0.05) is 6.07 Å². The van der Waals surface area contributed by atoms with Crippen molar-refractivity contribution >= 4 is 11.7 Å². The number of rotatable bonds is 3. The lowest BCUT2D eigenvalue weighted by Crippen LogP contribution is -2.40. The van der Waals surface area contributed by atoms with E-state index in [2.05, 4.69) is 4.98 Å². The molecule has 0 saturated heterocycles. The second-order valence-corrected chi connectivity index (χ2v) is 4.31. The molecule has 1 aromatic rings. The summed E-state index contributed by atoms with van der Waals surface area (Å²) in [5, 5.41) is 0. The van der Waals surface area contributed by atoms with Crippen LogP contribution in [0.15, 0.2) is 24.4 Å². The molecule has 0 spiro atoms. The monoisotopic (exact) mass is 207 g/mol. The van der Waals surface area contributed by atoms with Crippen LogP contribution in [0.4, 0.5) is 5.82 Å². The first-order valence-corrected chi connectivity index (χ1v) is 4.86. The highest BCUT2D eigenvalue weighted by Crippen LogP contribution is 2.12. The Labute approximate surface area is 90.1 Å². The molecule has 0 bridgehead atoms. The second kappa shape index (κ2) is 4.40. The molecule has 15 heavy (non-hydrogen) atoms. The van der Waals surface area contributed by atoms with E-state index in [-0.39, 0.29) is 5.91 Å². The van der Waals surface area contributed by atoms with Crippen molar-refractivity contribution in [1.82, 2.24) is 4.98 Å². The van der Waals surface area contributed by atoms with Gasteiger partial charge in [-0.25, -0.2) is 4.98 Å². The minimum Gasteiger partial charge on any atom is -0.325 e. The van der Waals surface area contributed by atoms with E-state index in [1.807, 2.05) is 26.0 Å². The Morgan fingerprint density at radius 1 is 1.53 bits per heavy atom. The molecule has 82 valence electrons. The minimum atomic E-state index is -0.486. The number of anilines is 1. The quantitative estimate of drug-likeness (QED) is 0.809. The van der Waals surface area contributed by atoms with E-state index >= 15 is 0 Å². The number of hydrogen-bond acceptors (Lipinski definition) is 3. The summed E-state index contributed by atoms with van der Waals surface area (Å²) in [5.41, 5.74) is 5.30. The first kappa shape index (κ1) is 11.7. The van der Waals surface area contributed by atoms with Crippen molar-refractivity contribution in [2.45, 2.75) is 25.8 Å². The average Bonchev–Trinajstić information content (AvgIpc) is 2.15. The van der Waals surface area contributed by atoms with E-state index in [1.165, 1.54) is 4.90 Å². The summed E-state index contributed by atoms with van der Waals surface area (Å²) in [6.07, 6.45) is 1.97. The van der Waals surface area contributed by atoms with Crippen LogP contribution in [0.5, 0.6) is 0 Å². The van der Waals surface area contributed by atoms with Gasteiger partial charge in [-0.2, -0.15) is 0 Å². The maximum absolute atomic E-state index is 11.8. The molecular formula is C11H17N3O. The highest BCUT2D eigenvalue weighted by Gasteiger charge is 2.20. The SMILES string of the molecule is CN(C(=O)CC(C)(C)N)c1ccccn1. The molecule has 0 aliphatic rings. The van der Waals surface area contributed by atoms with Crippen LogP contribution < -0.4 is 10.6 Å². The Morgan fingerprint density at radius 2 is 2.20 bits per heavy atom. The van der Waals surface area contributed by atoms with Crippen LogP contribution in [0.3, 0.4) is 0 Å². The molecule has 1 heterocycles. The number of amides is 1. The maximum Gasteiger partial charge on any atom is 0.229 e. The van der Waals surface area contributed by atoms with Gasteiger partial charge in [-0.05, 0) is 26.0 Å². The molecule has 0 unspecified atom stereocenters. The molecule has 4 nitrogen and oxygen atoms in total. The summed E-state index contributed by atoms with van der Waals surface area (Å²) in [7, 11) is 1.70. The number of nitrogens with zero attached hydrogens (tertiary/aromatic N) is 2. The zero-order valence-corrected chi connectivity index (χ0v) is 9.40. The summed E-state index contributed by atoms with van der Waals surface area (Å²) in [5.74, 6) is 0.618. The Hall–Kier alpha value is -1.42. The summed E-state index contributed by atoms with van der Waals surface area (Å²) in [6.45, 7) is 3.66. The third-order valence-electron chi connectivity index (χ3n) is 1.97. The molecule has 0 aromatic carbocycles. The van der Waals surface area contributed by atoms with Crippen LogP contribution >= 0.6 is 0 Å². The molecule has 0 atom stereocenters. The van der Waals surface area contributed by atoms with Gasteiger partial charge in [0.05, 0.1) is 0 Å². The van der Waals surface area contributed by atoms with Crippen LogP contribution in [-0.4, -0.2) is 23.5 Å². The lowest BCUT2D eigenvalue weighted by molar-refractivity contribution is -0.119. The molecular weight excluding hydrogens is 190 g/mol. The molecule has 4 heteroatoms. The summed E-state index contributed by atoms with van der Waals surface area (Å²) < 4.78 is 0. The number of aromatic nitrogens is 1. The van der Waals surface area contributed by atoms with Crippen LogP contribution in [0.1, 0.15) is 20.3 Å². The summed E-state index contributed by atoms with van der Waals surface area (Å²) >= 11 is 0. The van der Waals surface area contributed by atoms with Gasteiger partial charge in [0.1, 0.15) is 5.82 Å². The predicted molar refractivity (Wildman–Crippen MR) is 60.5 cm³/mol. The first-order valence-electron chi connectivity index (χ1n) is 4.86. The fourth-order valence-electron chi connectivity index (χ4n) is 1.19. The molecule has 0 fully saturated rings. The van der Waals surface area contributed by atoms with Crippen molar-refractivity contribution in [2.75, 3.05) is 11.9 Å². The van der Waals surface area contributed by atoms with Gasteiger partial charge in [0.15, 0.2) is 0 Å². The highest BCUT2D eigenvalue weighted by molar-refractivity contribution is 5.92. The fourth-order valence-corrected chi connectivity index (χ4v) is 1.19. The normalized spacial score (nSPS) is 11.2. The largest absolute Gasteiger partial charge is 0.325 e. The van der Waals surface area contributed by atoms with Crippen LogP contribution in [0.2, 0.25) is 0 Å². The van der Waals surface area contributed by atoms with Gasteiger partial charge >= 0.3 is 0 Å². The highest BCUT2D eigenvalue weighted by atomic mass is 16.2. The number of carbonyl (C=O) groups is 1. The van der Waals surface area contributed by atoms with Crippen molar-refractivity contribution in [3.63, 3.8) is 0 Å². The zero-order valence-electron chi connectivity index (χ0n) is 9.40. The van der Waals surface area contributed by atoms with Crippen molar-refractivity contribution < 1.29 is 4.79 Å².